The number of allylic oxidation sites excluding steroid dienone is 1. The molecular formula is C19H19NO4. The van der Waals surface area contributed by atoms with Gasteiger partial charge in [0, 0.05) is 11.8 Å². The Labute approximate surface area is 140 Å². The van der Waals surface area contributed by atoms with Gasteiger partial charge in [-0.25, -0.2) is 0 Å². The number of imide groups is 1. The molecule has 0 radical (unpaired) electrons. The summed E-state index contributed by atoms with van der Waals surface area (Å²) in [7, 11) is 0. The number of aliphatic hydroxyl groups excluding tert-OH is 1. The maximum Gasteiger partial charge on any atom is 0.233 e. The van der Waals surface area contributed by atoms with Crippen LogP contribution >= 0.6 is 0 Å². The lowest BCUT2D eigenvalue weighted by atomic mass is 9.62. The van der Waals surface area contributed by atoms with Crippen molar-refractivity contribution in [3.05, 3.63) is 48.0 Å². The summed E-state index contributed by atoms with van der Waals surface area (Å²) < 4.78 is 0. The number of fused-ring (bicyclic) bond motifs is 3. The lowest BCUT2D eigenvalue weighted by Gasteiger charge is -2.40. The Kier molecular flexibility index (Phi) is 3.61. The fourth-order valence-electron chi connectivity index (χ4n) is 4.50. The number of hydrogen-bond acceptors (Lipinski definition) is 4. The summed E-state index contributed by atoms with van der Waals surface area (Å²) in [4.78, 5) is 39.1. The molecule has 1 aromatic carbocycles. The fourth-order valence-corrected chi connectivity index (χ4v) is 4.50. The molecule has 1 saturated carbocycles. The quantitative estimate of drug-likeness (QED) is 0.832. The van der Waals surface area contributed by atoms with E-state index in [0.717, 1.165) is 5.56 Å². The average Bonchev–Trinajstić information content (AvgIpc) is 2.84. The number of benzene rings is 1. The third kappa shape index (κ3) is 2.23. The predicted molar refractivity (Wildman–Crippen MR) is 85.3 cm³/mol. The van der Waals surface area contributed by atoms with Gasteiger partial charge in [-0.05, 0) is 24.5 Å². The predicted octanol–water partition coefficient (Wildman–Crippen LogP) is 1.31. The van der Waals surface area contributed by atoms with Crippen LogP contribution in [0.4, 0.5) is 0 Å². The van der Waals surface area contributed by atoms with Crippen molar-refractivity contribution in [2.24, 2.45) is 23.7 Å². The molecule has 4 rings (SSSR count). The van der Waals surface area contributed by atoms with Crippen molar-refractivity contribution in [1.82, 2.24) is 4.90 Å². The van der Waals surface area contributed by atoms with Crippen LogP contribution in [-0.2, 0) is 20.9 Å². The third-order valence-corrected chi connectivity index (χ3v) is 5.64. The first-order valence-corrected chi connectivity index (χ1v) is 8.37. The van der Waals surface area contributed by atoms with Crippen molar-refractivity contribution in [3.63, 3.8) is 0 Å². The molecule has 2 fully saturated rings. The number of ketones is 1. The Morgan fingerprint density at radius 3 is 2.46 bits per heavy atom. The average molecular weight is 325 g/mol. The molecule has 124 valence electrons. The lowest BCUT2D eigenvalue weighted by molar-refractivity contribution is -0.141. The van der Waals surface area contributed by atoms with E-state index >= 15 is 0 Å². The number of carbonyl (C=O) groups is 3. The summed E-state index contributed by atoms with van der Waals surface area (Å²) in [5.41, 5.74) is 0.898. The van der Waals surface area contributed by atoms with E-state index in [-0.39, 0.29) is 30.1 Å². The second-order valence-electron chi connectivity index (χ2n) is 6.89. The lowest BCUT2D eigenvalue weighted by Crippen LogP contribution is -2.47. The maximum absolute atomic E-state index is 12.9. The van der Waals surface area contributed by atoms with E-state index in [1.165, 1.54) is 17.1 Å². The summed E-state index contributed by atoms with van der Waals surface area (Å²) in [6, 6.07) is 9.40. The van der Waals surface area contributed by atoms with Gasteiger partial charge >= 0.3 is 0 Å². The molecule has 1 aliphatic heterocycles. The second kappa shape index (κ2) is 5.67. The third-order valence-electron chi connectivity index (χ3n) is 5.64. The zero-order valence-corrected chi connectivity index (χ0v) is 13.2. The number of rotatable bonds is 2. The van der Waals surface area contributed by atoms with Crippen molar-refractivity contribution in [1.29, 1.82) is 0 Å². The molecule has 5 nitrogen and oxygen atoms in total. The highest BCUT2D eigenvalue weighted by atomic mass is 16.3. The maximum atomic E-state index is 12.9. The Hall–Kier alpha value is -2.27. The number of carbonyl (C=O) groups excluding carboxylic acids is 3. The van der Waals surface area contributed by atoms with Gasteiger partial charge in [-0.2, -0.15) is 0 Å². The monoisotopic (exact) mass is 325 g/mol. The van der Waals surface area contributed by atoms with Crippen LogP contribution in [0.5, 0.6) is 0 Å². The van der Waals surface area contributed by atoms with Gasteiger partial charge in [0.2, 0.25) is 11.8 Å². The number of amides is 2. The van der Waals surface area contributed by atoms with Crippen LogP contribution in [-0.4, -0.2) is 33.7 Å². The molecule has 0 aromatic heterocycles. The van der Waals surface area contributed by atoms with Crippen molar-refractivity contribution in [3.8, 4) is 0 Å². The molecule has 0 spiro atoms. The molecule has 24 heavy (non-hydrogen) atoms. The minimum Gasteiger partial charge on any atom is -0.389 e. The SMILES string of the molecule is O=C1C=C[C@@H](O)[C@H]2[C@@H]3C(=O)N(Cc4ccccc4)C(=O)[C@@H]3CC[C@H]12. The summed E-state index contributed by atoms with van der Waals surface area (Å²) in [5.74, 6) is -2.25. The largest absolute Gasteiger partial charge is 0.389 e. The first kappa shape index (κ1) is 15.3. The summed E-state index contributed by atoms with van der Waals surface area (Å²) in [6.07, 6.45) is 3.13. The van der Waals surface area contributed by atoms with Gasteiger partial charge in [0.1, 0.15) is 0 Å². The van der Waals surface area contributed by atoms with Crippen LogP contribution in [0.2, 0.25) is 0 Å². The van der Waals surface area contributed by atoms with Gasteiger partial charge < -0.3 is 5.11 Å². The topological polar surface area (TPSA) is 74.7 Å². The molecule has 0 bridgehead atoms. The Balaban J connectivity index is 1.64. The van der Waals surface area contributed by atoms with E-state index < -0.39 is 23.9 Å². The van der Waals surface area contributed by atoms with Gasteiger partial charge in [-0.15, -0.1) is 0 Å². The van der Waals surface area contributed by atoms with E-state index in [1.807, 2.05) is 30.3 Å². The van der Waals surface area contributed by atoms with Gasteiger partial charge in [-0.1, -0.05) is 36.4 Å². The molecule has 1 saturated heterocycles. The van der Waals surface area contributed by atoms with Crippen LogP contribution in [0.25, 0.3) is 0 Å². The molecular weight excluding hydrogens is 306 g/mol. The molecule has 0 unspecified atom stereocenters. The van der Waals surface area contributed by atoms with Crippen LogP contribution in [0.1, 0.15) is 18.4 Å². The standard InChI is InChI=1S/C19H19NO4/c21-14-8-9-15(22)16-12(14)6-7-13-17(16)19(24)20(18(13)23)10-11-4-2-1-3-5-11/h1-5,8-9,12-13,15-17,22H,6-7,10H2/t12-,13-,15-,16+,17-/m1/s1. The van der Waals surface area contributed by atoms with Gasteiger partial charge in [0.05, 0.1) is 24.5 Å². The van der Waals surface area contributed by atoms with Crippen LogP contribution in [0, 0.1) is 23.7 Å². The van der Waals surface area contributed by atoms with Gasteiger partial charge in [0.25, 0.3) is 0 Å². The molecule has 5 heteroatoms. The Bertz CT molecular complexity index is 726. The molecule has 3 aliphatic rings. The normalized spacial score (nSPS) is 35.1. The van der Waals surface area contributed by atoms with Gasteiger partial charge in [0.15, 0.2) is 5.78 Å². The summed E-state index contributed by atoms with van der Waals surface area (Å²) in [6.45, 7) is 0.253. The van der Waals surface area contributed by atoms with E-state index in [1.54, 1.807) is 0 Å². The van der Waals surface area contributed by atoms with Crippen molar-refractivity contribution < 1.29 is 19.5 Å². The van der Waals surface area contributed by atoms with Crippen molar-refractivity contribution in [2.45, 2.75) is 25.5 Å². The van der Waals surface area contributed by atoms with E-state index in [2.05, 4.69) is 0 Å². The molecule has 5 atom stereocenters. The van der Waals surface area contributed by atoms with E-state index in [0.29, 0.717) is 12.8 Å². The number of hydrogen-bond donors (Lipinski definition) is 1. The van der Waals surface area contributed by atoms with Crippen molar-refractivity contribution >= 4 is 17.6 Å². The summed E-state index contributed by atoms with van der Waals surface area (Å²) >= 11 is 0. The van der Waals surface area contributed by atoms with Gasteiger partial charge in [-0.3, -0.25) is 19.3 Å². The fraction of sp³-hybridized carbons (Fsp3) is 0.421. The number of aliphatic hydroxyl groups is 1. The highest BCUT2D eigenvalue weighted by Gasteiger charge is 2.57. The van der Waals surface area contributed by atoms with E-state index in [9.17, 15) is 19.5 Å². The first-order chi connectivity index (χ1) is 11.6. The molecule has 2 amide bonds. The summed E-state index contributed by atoms with van der Waals surface area (Å²) in [5, 5.41) is 10.3. The van der Waals surface area contributed by atoms with Crippen LogP contribution in [0.15, 0.2) is 42.5 Å². The van der Waals surface area contributed by atoms with Crippen LogP contribution in [0.3, 0.4) is 0 Å². The van der Waals surface area contributed by atoms with Crippen molar-refractivity contribution in [2.75, 3.05) is 0 Å². The smallest absolute Gasteiger partial charge is 0.233 e. The van der Waals surface area contributed by atoms with E-state index in [4.69, 9.17) is 0 Å². The molecule has 1 aromatic rings. The molecule has 1 N–H and O–H groups in total. The van der Waals surface area contributed by atoms with Crippen LogP contribution < -0.4 is 0 Å². The minimum atomic E-state index is -0.839. The number of likely N-dealkylation sites (tertiary alicyclic amines) is 1. The molecule has 2 aliphatic carbocycles. The zero-order chi connectivity index (χ0) is 16.8. The zero-order valence-electron chi connectivity index (χ0n) is 13.2. The Morgan fingerprint density at radius 2 is 1.71 bits per heavy atom. The first-order valence-electron chi connectivity index (χ1n) is 8.37. The highest BCUT2D eigenvalue weighted by Crippen LogP contribution is 2.48. The minimum absolute atomic E-state index is 0.0366. The Morgan fingerprint density at radius 1 is 1.00 bits per heavy atom. The second-order valence-corrected chi connectivity index (χ2v) is 6.89. The highest BCUT2D eigenvalue weighted by molar-refractivity contribution is 6.06. The number of nitrogens with zero attached hydrogens (tertiary/aromatic N) is 1. The molecule has 1 heterocycles.